The molecule has 2 rings (SSSR count). The Morgan fingerprint density at radius 2 is 1.69 bits per heavy atom. The number of nitrogens with one attached hydrogen (secondary N) is 1. The number of carbonyl (C=O) groups excluding carboxylic acids is 1. The number of amides is 1. The molecule has 0 aromatic heterocycles. The molecule has 1 amide bonds. The highest BCUT2D eigenvalue weighted by molar-refractivity contribution is 5.81. The normalized spacial score (nSPS) is 12.8. The van der Waals surface area contributed by atoms with Crippen molar-refractivity contribution >= 4 is 5.91 Å². The zero-order chi connectivity index (χ0) is 19.1. The minimum atomic E-state index is -0.583. The Balaban J connectivity index is 1.81. The Morgan fingerprint density at radius 3 is 2.31 bits per heavy atom. The van der Waals surface area contributed by atoms with E-state index in [9.17, 15) is 4.79 Å². The van der Waals surface area contributed by atoms with Gasteiger partial charge in [-0.3, -0.25) is 4.79 Å². The van der Waals surface area contributed by atoms with Crippen LogP contribution in [0, 0.1) is 13.8 Å². The number of ether oxygens (including phenoxy) is 3. The Morgan fingerprint density at radius 1 is 1.04 bits per heavy atom. The first-order valence-electron chi connectivity index (χ1n) is 8.70. The summed E-state index contributed by atoms with van der Waals surface area (Å²) in [5.74, 6) is 2.05. The number of aryl methyl sites for hydroxylation is 2. The maximum absolute atomic E-state index is 12.3. The molecule has 140 valence electrons. The molecule has 0 saturated heterocycles. The van der Waals surface area contributed by atoms with Crippen LogP contribution in [0.3, 0.4) is 0 Å². The maximum Gasteiger partial charge on any atom is 0.261 e. The van der Waals surface area contributed by atoms with Crippen molar-refractivity contribution in [3.05, 3.63) is 53.6 Å². The minimum absolute atomic E-state index is 0.144. The zero-order valence-corrected chi connectivity index (χ0v) is 16.0. The summed E-state index contributed by atoms with van der Waals surface area (Å²) in [5.41, 5.74) is 2.18. The molecule has 2 aromatic carbocycles. The second kappa shape index (κ2) is 9.13. The lowest BCUT2D eigenvalue weighted by Crippen LogP contribution is -2.43. The highest BCUT2D eigenvalue weighted by Crippen LogP contribution is 2.20. The number of methoxy groups -OCH3 is 1. The molecule has 0 heterocycles. The summed E-state index contributed by atoms with van der Waals surface area (Å²) in [6.45, 7) is 8.00. The van der Waals surface area contributed by atoms with Crippen molar-refractivity contribution in [2.24, 2.45) is 0 Å². The molecule has 0 spiro atoms. The smallest absolute Gasteiger partial charge is 0.261 e. The highest BCUT2D eigenvalue weighted by atomic mass is 16.5. The van der Waals surface area contributed by atoms with E-state index in [0.29, 0.717) is 6.61 Å². The Hall–Kier alpha value is -2.69. The molecule has 1 N–H and O–H groups in total. The molecule has 5 nitrogen and oxygen atoms in total. The second-order valence-corrected chi connectivity index (χ2v) is 6.43. The fourth-order valence-electron chi connectivity index (χ4n) is 2.47. The van der Waals surface area contributed by atoms with E-state index in [2.05, 4.69) is 5.32 Å². The molecule has 26 heavy (non-hydrogen) atoms. The van der Waals surface area contributed by atoms with Crippen molar-refractivity contribution in [2.45, 2.75) is 39.8 Å². The van der Waals surface area contributed by atoms with Crippen molar-refractivity contribution in [2.75, 3.05) is 13.7 Å². The van der Waals surface area contributed by atoms with Crippen molar-refractivity contribution in [1.82, 2.24) is 5.32 Å². The van der Waals surface area contributed by atoms with Crippen LogP contribution in [0.4, 0.5) is 0 Å². The van der Waals surface area contributed by atoms with Crippen LogP contribution in [-0.4, -0.2) is 31.8 Å². The summed E-state index contributed by atoms with van der Waals surface area (Å²) in [6, 6.07) is 13.1. The van der Waals surface area contributed by atoms with E-state index in [0.717, 1.165) is 28.4 Å². The molecule has 0 aliphatic carbocycles. The molecular weight excluding hydrogens is 330 g/mol. The summed E-state index contributed by atoms with van der Waals surface area (Å²) in [6.07, 6.45) is -0.583. The van der Waals surface area contributed by atoms with Crippen LogP contribution in [0.15, 0.2) is 42.5 Å². The summed E-state index contributed by atoms with van der Waals surface area (Å²) < 4.78 is 16.6. The Bertz CT molecular complexity index is 727. The van der Waals surface area contributed by atoms with Crippen molar-refractivity contribution in [1.29, 1.82) is 0 Å². The van der Waals surface area contributed by atoms with Crippen LogP contribution in [-0.2, 0) is 4.79 Å². The molecule has 2 aromatic rings. The van der Waals surface area contributed by atoms with Gasteiger partial charge in [0, 0.05) is 0 Å². The fraction of sp³-hybridized carbons (Fsp3) is 0.381. The van der Waals surface area contributed by atoms with E-state index in [1.807, 2.05) is 63.2 Å². The van der Waals surface area contributed by atoms with Crippen LogP contribution < -0.4 is 19.5 Å². The van der Waals surface area contributed by atoms with E-state index in [4.69, 9.17) is 14.2 Å². The monoisotopic (exact) mass is 357 g/mol. The van der Waals surface area contributed by atoms with Crippen molar-refractivity contribution in [3.63, 3.8) is 0 Å². The SMILES string of the molecule is COc1ccc(OC[C@@H](C)NC(=O)[C@@H](C)Oc2ccc(C)cc2C)cc1. The summed E-state index contributed by atoms with van der Waals surface area (Å²) in [5, 5.41) is 2.91. The van der Waals surface area contributed by atoms with E-state index >= 15 is 0 Å². The predicted molar refractivity (Wildman–Crippen MR) is 102 cm³/mol. The quantitative estimate of drug-likeness (QED) is 0.783. The van der Waals surface area contributed by atoms with Crippen LogP contribution in [0.1, 0.15) is 25.0 Å². The molecule has 0 saturated carbocycles. The molecule has 0 aliphatic rings. The molecule has 0 unspecified atom stereocenters. The highest BCUT2D eigenvalue weighted by Gasteiger charge is 2.18. The van der Waals surface area contributed by atoms with Gasteiger partial charge in [-0.05, 0) is 63.6 Å². The maximum atomic E-state index is 12.3. The van der Waals surface area contributed by atoms with Gasteiger partial charge in [-0.25, -0.2) is 0 Å². The van der Waals surface area contributed by atoms with Crippen molar-refractivity contribution < 1.29 is 19.0 Å². The van der Waals surface area contributed by atoms with E-state index in [-0.39, 0.29) is 11.9 Å². The van der Waals surface area contributed by atoms with Gasteiger partial charge in [-0.2, -0.15) is 0 Å². The van der Waals surface area contributed by atoms with Crippen LogP contribution in [0.5, 0.6) is 17.2 Å². The summed E-state index contributed by atoms with van der Waals surface area (Å²) >= 11 is 0. The van der Waals surface area contributed by atoms with Gasteiger partial charge in [0.2, 0.25) is 0 Å². The fourth-order valence-corrected chi connectivity index (χ4v) is 2.47. The molecule has 0 bridgehead atoms. The number of rotatable bonds is 8. The third kappa shape index (κ3) is 5.69. The van der Waals surface area contributed by atoms with E-state index in [1.54, 1.807) is 14.0 Å². The van der Waals surface area contributed by atoms with Gasteiger partial charge >= 0.3 is 0 Å². The first kappa shape index (κ1) is 19.6. The number of benzene rings is 2. The first-order valence-corrected chi connectivity index (χ1v) is 8.70. The average molecular weight is 357 g/mol. The van der Waals surface area contributed by atoms with E-state index in [1.165, 1.54) is 0 Å². The van der Waals surface area contributed by atoms with Gasteiger partial charge in [-0.15, -0.1) is 0 Å². The number of carbonyl (C=O) groups is 1. The Labute approximate surface area is 155 Å². The van der Waals surface area contributed by atoms with E-state index < -0.39 is 6.10 Å². The molecule has 0 radical (unpaired) electrons. The minimum Gasteiger partial charge on any atom is -0.497 e. The predicted octanol–water partition coefficient (Wildman–Crippen LogP) is 3.66. The first-order chi connectivity index (χ1) is 12.4. The molecular formula is C21H27NO4. The lowest BCUT2D eigenvalue weighted by molar-refractivity contribution is -0.128. The lowest BCUT2D eigenvalue weighted by atomic mass is 10.1. The van der Waals surface area contributed by atoms with Gasteiger partial charge < -0.3 is 19.5 Å². The lowest BCUT2D eigenvalue weighted by Gasteiger charge is -2.20. The Kier molecular flexibility index (Phi) is 6.89. The van der Waals surface area contributed by atoms with Gasteiger partial charge in [0.15, 0.2) is 6.10 Å². The topological polar surface area (TPSA) is 56.8 Å². The number of hydrogen-bond acceptors (Lipinski definition) is 4. The second-order valence-electron chi connectivity index (χ2n) is 6.43. The zero-order valence-electron chi connectivity index (χ0n) is 16.0. The largest absolute Gasteiger partial charge is 0.497 e. The summed E-state index contributed by atoms with van der Waals surface area (Å²) in [4.78, 5) is 12.3. The molecule has 2 atom stereocenters. The van der Waals surface area contributed by atoms with Gasteiger partial charge in [0.1, 0.15) is 23.9 Å². The van der Waals surface area contributed by atoms with Crippen LogP contribution >= 0.6 is 0 Å². The van der Waals surface area contributed by atoms with Crippen LogP contribution in [0.25, 0.3) is 0 Å². The van der Waals surface area contributed by atoms with Crippen molar-refractivity contribution in [3.8, 4) is 17.2 Å². The standard InChI is InChI=1S/C21H27NO4/c1-14-6-11-20(15(2)12-14)26-17(4)21(23)22-16(3)13-25-19-9-7-18(24-5)8-10-19/h6-12,16-17H,13H2,1-5H3,(H,22,23)/t16-,17-/m1/s1. The average Bonchev–Trinajstić information content (AvgIpc) is 2.62. The third-order valence-corrected chi connectivity index (χ3v) is 3.95. The van der Waals surface area contributed by atoms with Crippen LogP contribution in [0.2, 0.25) is 0 Å². The third-order valence-electron chi connectivity index (χ3n) is 3.95. The number of hydrogen-bond donors (Lipinski definition) is 1. The molecule has 0 aliphatic heterocycles. The van der Waals surface area contributed by atoms with Gasteiger partial charge in [-0.1, -0.05) is 17.7 Å². The van der Waals surface area contributed by atoms with Gasteiger partial charge in [0.05, 0.1) is 13.2 Å². The van der Waals surface area contributed by atoms with Gasteiger partial charge in [0.25, 0.3) is 5.91 Å². The molecule has 0 fully saturated rings. The molecule has 5 heteroatoms. The summed E-state index contributed by atoms with van der Waals surface area (Å²) in [7, 11) is 1.62.